The summed E-state index contributed by atoms with van der Waals surface area (Å²) in [6.07, 6.45) is 2.86. The van der Waals surface area contributed by atoms with E-state index in [4.69, 9.17) is 21.1 Å². The molecule has 0 saturated carbocycles. The standard InChI is InChI=1S/C15H14ClNO4/c1-20-14(18)11-7-17-8-12(15(19)21-2)13(11)9-4-3-5-10(16)6-9/h3-8,11,13H,1-2H3/t11?,13-/m0/s1. The number of rotatable bonds is 3. The largest absolute Gasteiger partial charge is 0.468 e. The molecule has 0 bridgehead atoms. The van der Waals surface area contributed by atoms with Crippen molar-refractivity contribution in [1.82, 2.24) is 0 Å². The lowest BCUT2D eigenvalue weighted by Crippen LogP contribution is -2.31. The molecule has 0 N–H and O–H groups in total. The highest BCUT2D eigenvalue weighted by Crippen LogP contribution is 2.36. The first-order chi connectivity index (χ1) is 10.1. The Bertz CT molecular complexity index is 624. The summed E-state index contributed by atoms with van der Waals surface area (Å²) in [6, 6.07) is 6.98. The van der Waals surface area contributed by atoms with Crippen molar-refractivity contribution >= 4 is 29.8 Å². The van der Waals surface area contributed by atoms with Crippen LogP contribution in [0.15, 0.2) is 41.0 Å². The first-order valence-electron chi connectivity index (χ1n) is 6.23. The summed E-state index contributed by atoms with van der Waals surface area (Å²) in [4.78, 5) is 27.9. The monoisotopic (exact) mass is 307 g/mol. The maximum absolute atomic E-state index is 12.0. The van der Waals surface area contributed by atoms with Gasteiger partial charge in [0.05, 0.1) is 19.8 Å². The summed E-state index contributed by atoms with van der Waals surface area (Å²) in [5, 5.41) is 0.517. The predicted molar refractivity (Wildman–Crippen MR) is 78.3 cm³/mol. The number of halogens is 1. The van der Waals surface area contributed by atoms with Crippen molar-refractivity contribution in [3.05, 3.63) is 46.6 Å². The minimum absolute atomic E-state index is 0.290. The van der Waals surface area contributed by atoms with E-state index in [9.17, 15) is 9.59 Å². The number of nitrogens with zero attached hydrogens (tertiary/aromatic N) is 1. The summed E-state index contributed by atoms with van der Waals surface area (Å²) in [6.45, 7) is 0. The Hall–Kier alpha value is -2.14. The highest BCUT2D eigenvalue weighted by molar-refractivity contribution is 6.30. The van der Waals surface area contributed by atoms with E-state index in [1.165, 1.54) is 26.6 Å². The highest BCUT2D eigenvalue weighted by Gasteiger charge is 2.37. The Morgan fingerprint density at radius 2 is 2.00 bits per heavy atom. The molecule has 1 aliphatic heterocycles. The van der Waals surface area contributed by atoms with E-state index in [0.29, 0.717) is 5.02 Å². The Labute approximate surface area is 127 Å². The molecule has 1 heterocycles. The molecule has 6 heteroatoms. The van der Waals surface area contributed by atoms with E-state index in [1.807, 2.05) is 0 Å². The number of hydrogen-bond acceptors (Lipinski definition) is 5. The van der Waals surface area contributed by atoms with Crippen molar-refractivity contribution in [2.45, 2.75) is 5.92 Å². The van der Waals surface area contributed by atoms with Crippen molar-refractivity contribution in [1.29, 1.82) is 0 Å². The molecule has 0 aromatic heterocycles. The molecule has 1 aromatic carbocycles. The van der Waals surface area contributed by atoms with Crippen LogP contribution in [0, 0.1) is 5.92 Å². The van der Waals surface area contributed by atoms with Crippen LogP contribution in [0.5, 0.6) is 0 Å². The van der Waals surface area contributed by atoms with Gasteiger partial charge in [-0.1, -0.05) is 23.7 Å². The molecule has 1 aromatic rings. The van der Waals surface area contributed by atoms with Gasteiger partial charge in [0.1, 0.15) is 5.92 Å². The summed E-state index contributed by atoms with van der Waals surface area (Å²) >= 11 is 6.00. The fraction of sp³-hybridized carbons (Fsp3) is 0.267. The van der Waals surface area contributed by atoms with Gasteiger partial charge in [-0.05, 0) is 17.7 Å². The third-order valence-corrected chi connectivity index (χ3v) is 3.49. The Morgan fingerprint density at radius 1 is 1.24 bits per heavy atom. The molecule has 0 saturated heterocycles. The molecule has 1 unspecified atom stereocenters. The van der Waals surface area contributed by atoms with Gasteiger partial charge in [-0.25, -0.2) is 4.79 Å². The molecule has 110 valence electrons. The smallest absolute Gasteiger partial charge is 0.335 e. The van der Waals surface area contributed by atoms with Gasteiger partial charge in [0.25, 0.3) is 0 Å². The quantitative estimate of drug-likeness (QED) is 0.804. The molecule has 0 spiro atoms. The summed E-state index contributed by atoms with van der Waals surface area (Å²) in [5.41, 5.74) is 1.01. The van der Waals surface area contributed by atoms with Gasteiger partial charge in [0.2, 0.25) is 0 Å². The van der Waals surface area contributed by atoms with Crippen molar-refractivity contribution in [2.75, 3.05) is 14.2 Å². The second-order valence-electron chi connectivity index (χ2n) is 4.46. The normalized spacial score (nSPS) is 20.6. The fourth-order valence-corrected chi connectivity index (χ4v) is 2.49. The lowest BCUT2D eigenvalue weighted by Gasteiger charge is -2.26. The summed E-state index contributed by atoms with van der Waals surface area (Å²) in [5.74, 6) is -2.25. The molecule has 0 aliphatic carbocycles. The number of esters is 2. The number of carbonyl (C=O) groups is 2. The van der Waals surface area contributed by atoms with Gasteiger partial charge in [0.15, 0.2) is 0 Å². The minimum Gasteiger partial charge on any atom is -0.468 e. The van der Waals surface area contributed by atoms with Crippen LogP contribution < -0.4 is 0 Å². The van der Waals surface area contributed by atoms with Crippen LogP contribution >= 0.6 is 11.6 Å². The lowest BCUT2D eigenvalue weighted by atomic mass is 9.80. The number of benzene rings is 1. The molecule has 2 atom stereocenters. The molecule has 21 heavy (non-hydrogen) atoms. The minimum atomic E-state index is -0.701. The Balaban J connectivity index is 2.50. The van der Waals surface area contributed by atoms with Crippen LogP contribution in [-0.4, -0.2) is 32.4 Å². The number of ether oxygens (including phenoxy) is 2. The molecular formula is C15H14ClNO4. The van der Waals surface area contributed by atoms with Gasteiger partial charge in [-0.15, -0.1) is 0 Å². The molecule has 0 fully saturated rings. The third-order valence-electron chi connectivity index (χ3n) is 3.26. The van der Waals surface area contributed by atoms with Crippen LogP contribution in [0.4, 0.5) is 0 Å². The Morgan fingerprint density at radius 3 is 2.62 bits per heavy atom. The first kappa shape index (κ1) is 15.3. The van der Waals surface area contributed by atoms with Crippen molar-refractivity contribution in [2.24, 2.45) is 10.9 Å². The van der Waals surface area contributed by atoms with Crippen LogP contribution in [0.3, 0.4) is 0 Å². The Kier molecular flexibility index (Phi) is 4.75. The van der Waals surface area contributed by atoms with Crippen molar-refractivity contribution in [3.63, 3.8) is 0 Å². The van der Waals surface area contributed by atoms with E-state index in [-0.39, 0.29) is 5.57 Å². The zero-order valence-corrected chi connectivity index (χ0v) is 12.3. The lowest BCUT2D eigenvalue weighted by molar-refractivity contribution is -0.143. The summed E-state index contributed by atoms with van der Waals surface area (Å²) < 4.78 is 9.56. The van der Waals surface area contributed by atoms with E-state index in [0.717, 1.165) is 5.56 Å². The van der Waals surface area contributed by atoms with Gasteiger partial charge in [-0.3, -0.25) is 9.79 Å². The van der Waals surface area contributed by atoms with Crippen LogP contribution in [0.25, 0.3) is 0 Å². The average Bonchev–Trinajstić information content (AvgIpc) is 2.52. The third kappa shape index (κ3) is 3.13. The van der Waals surface area contributed by atoms with E-state index in [1.54, 1.807) is 24.3 Å². The van der Waals surface area contributed by atoms with E-state index in [2.05, 4.69) is 4.99 Å². The van der Waals surface area contributed by atoms with Gasteiger partial charge in [0, 0.05) is 23.4 Å². The average molecular weight is 308 g/mol. The molecule has 0 radical (unpaired) electrons. The number of aliphatic imine (C=N–C) groups is 1. The van der Waals surface area contributed by atoms with Gasteiger partial charge in [-0.2, -0.15) is 0 Å². The van der Waals surface area contributed by atoms with Crippen molar-refractivity contribution in [3.8, 4) is 0 Å². The second kappa shape index (κ2) is 6.54. The zero-order valence-electron chi connectivity index (χ0n) is 11.6. The number of hydrogen-bond donors (Lipinski definition) is 0. The number of carbonyl (C=O) groups excluding carboxylic acids is 2. The maximum Gasteiger partial charge on any atom is 0.335 e. The van der Waals surface area contributed by atoms with Gasteiger partial charge < -0.3 is 9.47 Å². The maximum atomic E-state index is 12.0. The predicted octanol–water partition coefficient (Wildman–Crippen LogP) is 2.35. The van der Waals surface area contributed by atoms with Crippen molar-refractivity contribution < 1.29 is 19.1 Å². The van der Waals surface area contributed by atoms with Gasteiger partial charge >= 0.3 is 11.9 Å². The SMILES string of the molecule is COC(=O)C1=CN=CC(C(=O)OC)[C@@H]1c1cccc(Cl)c1. The topological polar surface area (TPSA) is 65.0 Å². The van der Waals surface area contributed by atoms with Crippen LogP contribution in [0.1, 0.15) is 11.5 Å². The zero-order chi connectivity index (χ0) is 15.4. The first-order valence-corrected chi connectivity index (χ1v) is 6.61. The molecule has 2 rings (SSSR count). The summed E-state index contributed by atoms with van der Waals surface area (Å²) in [7, 11) is 2.57. The highest BCUT2D eigenvalue weighted by atomic mass is 35.5. The van der Waals surface area contributed by atoms with Crippen LogP contribution in [0.2, 0.25) is 5.02 Å². The second-order valence-corrected chi connectivity index (χ2v) is 4.89. The van der Waals surface area contributed by atoms with Crippen LogP contribution in [-0.2, 0) is 19.1 Å². The number of methoxy groups -OCH3 is 2. The van der Waals surface area contributed by atoms with E-state index < -0.39 is 23.8 Å². The fourth-order valence-electron chi connectivity index (χ4n) is 2.29. The molecular weight excluding hydrogens is 294 g/mol. The molecule has 1 aliphatic rings. The van der Waals surface area contributed by atoms with E-state index >= 15 is 0 Å². The molecule has 0 amide bonds. The molecule has 5 nitrogen and oxygen atoms in total.